The van der Waals surface area contributed by atoms with Gasteiger partial charge in [-0.2, -0.15) is 0 Å². The molecule has 27 heavy (non-hydrogen) atoms. The van der Waals surface area contributed by atoms with Crippen LogP contribution in [0.3, 0.4) is 0 Å². The van der Waals surface area contributed by atoms with Gasteiger partial charge in [0.25, 0.3) is 0 Å². The largest absolute Gasteiger partial charge is 0.356 e. The van der Waals surface area contributed by atoms with Gasteiger partial charge in [-0.15, -0.1) is 11.3 Å². The van der Waals surface area contributed by atoms with Crippen molar-refractivity contribution in [3.63, 3.8) is 0 Å². The SMILES string of the molecule is CCc1cnc(CCNC(=NC)NCCNS(=O)(=O)c2ccc(C)cc2)s1. The number of nitrogens with one attached hydrogen (secondary N) is 3. The highest BCUT2D eigenvalue weighted by Crippen LogP contribution is 2.13. The predicted octanol–water partition coefficient (Wildman–Crippen LogP) is 1.70. The van der Waals surface area contributed by atoms with Crippen LogP contribution >= 0.6 is 11.3 Å². The summed E-state index contributed by atoms with van der Waals surface area (Å²) < 4.78 is 27.0. The van der Waals surface area contributed by atoms with E-state index in [0.29, 0.717) is 19.0 Å². The Balaban J connectivity index is 1.70. The Morgan fingerprint density at radius 3 is 2.48 bits per heavy atom. The maximum atomic E-state index is 12.2. The lowest BCUT2D eigenvalue weighted by atomic mass is 10.2. The standard InChI is InChI=1S/C18H27N5O2S2/c1-4-15-13-22-17(26-15)9-10-20-18(19-3)21-11-12-23-27(24,25)16-7-5-14(2)6-8-16/h5-8,13,23H,4,9-12H2,1-3H3,(H2,19,20,21). The molecule has 0 fully saturated rings. The summed E-state index contributed by atoms with van der Waals surface area (Å²) in [6.07, 6.45) is 3.76. The Hall–Kier alpha value is -1.97. The van der Waals surface area contributed by atoms with E-state index in [1.54, 1.807) is 42.6 Å². The topological polar surface area (TPSA) is 95.5 Å². The first-order valence-corrected chi connectivity index (χ1v) is 11.2. The van der Waals surface area contributed by atoms with Gasteiger partial charge in [-0.3, -0.25) is 4.99 Å². The first-order chi connectivity index (χ1) is 12.9. The predicted molar refractivity (Wildman–Crippen MR) is 111 cm³/mol. The third kappa shape index (κ3) is 6.93. The highest BCUT2D eigenvalue weighted by atomic mass is 32.2. The first kappa shape index (κ1) is 21.3. The normalized spacial score (nSPS) is 12.2. The number of sulfonamides is 1. The average molecular weight is 410 g/mol. The molecule has 0 radical (unpaired) electrons. The summed E-state index contributed by atoms with van der Waals surface area (Å²) in [4.78, 5) is 10.1. The molecule has 0 atom stereocenters. The third-order valence-corrected chi connectivity index (χ3v) is 6.52. The van der Waals surface area contributed by atoms with Crippen molar-refractivity contribution in [2.45, 2.75) is 31.6 Å². The van der Waals surface area contributed by atoms with Gasteiger partial charge in [0, 0.05) is 44.2 Å². The zero-order valence-corrected chi connectivity index (χ0v) is 17.6. The van der Waals surface area contributed by atoms with Crippen molar-refractivity contribution in [1.82, 2.24) is 20.3 Å². The second-order valence-electron chi connectivity index (χ2n) is 5.96. The number of thiazole rings is 1. The number of guanidine groups is 1. The van der Waals surface area contributed by atoms with E-state index in [0.717, 1.165) is 23.4 Å². The van der Waals surface area contributed by atoms with E-state index in [-0.39, 0.29) is 11.4 Å². The summed E-state index contributed by atoms with van der Waals surface area (Å²) in [7, 11) is -1.81. The first-order valence-electron chi connectivity index (χ1n) is 8.89. The minimum absolute atomic E-state index is 0.267. The van der Waals surface area contributed by atoms with Crippen LogP contribution in [0.25, 0.3) is 0 Å². The number of aliphatic imine (C=N–C) groups is 1. The zero-order valence-electron chi connectivity index (χ0n) is 15.9. The van der Waals surface area contributed by atoms with Crippen molar-refractivity contribution in [1.29, 1.82) is 0 Å². The van der Waals surface area contributed by atoms with Gasteiger partial charge < -0.3 is 10.6 Å². The van der Waals surface area contributed by atoms with Gasteiger partial charge >= 0.3 is 0 Å². The molecule has 0 aliphatic rings. The molecule has 0 unspecified atom stereocenters. The molecule has 1 heterocycles. The smallest absolute Gasteiger partial charge is 0.240 e. The molecule has 0 aliphatic carbocycles. The van der Waals surface area contributed by atoms with Crippen molar-refractivity contribution in [2.75, 3.05) is 26.7 Å². The van der Waals surface area contributed by atoms with E-state index in [1.165, 1.54) is 4.88 Å². The van der Waals surface area contributed by atoms with Crippen LogP contribution in [-0.4, -0.2) is 46.0 Å². The number of aromatic nitrogens is 1. The summed E-state index contributed by atoms with van der Waals surface area (Å²) in [6, 6.07) is 6.78. The van der Waals surface area contributed by atoms with Gasteiger partial charge in [0.2, 0.25) is 10.0 Å². The van der Waals surface area contributed by atoms with E-state index in [4.69, 9.17) is 0 Å². The molecular formula is C18H27N5O2S2. The summed E-state index contributed by atoms with van der Waals surface area (Å²) >= 11 is 1.73. The quantitative estimate of drug-likeness (QED) is 0.333. The molecule has 1 aromatic carbocycles. The summed E-state index contributed by atoms with van der Waals surface area (Å²) in [5.74, 6) is 0.636. The minimum atomic E-state index is -3.49. The van der Waals surface area contributed by atoms with Gasteiger partial charge in [0.15, 0.2) is 5.96 Å². The van der Waals surface area contributed by atoms with E-state index in [9.17, 15) is 8.42 Å². The third-order valence-electron chi connectivity index (χ3n) is 3.85. The summed E-state index contributed by atoms with van der Waals surface area (Å²) in [6.45, 7) is 5.45. The average Bonchev–Trinajstić information content (AvgIpc) is 3.12. The Morgan fingerprint density at radius 2 is 1.85 bits per heavy atom. The number of rotatable bonds is 9. The van der Waals surface area contributed by atoms with Crippen LogP contribution in [0.2, 0.25) is 0 Å². The number of benzene rings is 1. The van der Waals surface area contributed by atoms with Crippen LogP contribution in [-0.2, 0) is 22.9 Å². The lowest BCUT2D eigenvalue weighted by molar-refractivity contribution is 0.580. The van der Waals surface area contributed by atoms with Crippen molar-refractivity contribution in [2.24, 2.45) is 4.99 Å². The minimum Gasteiger partial charge on any atom is -0.356 e. The second-order valence-corrected chi connectivity index (χ2v) is 8.93. The second kappa shape index (κ2) is 10.4. The van der Waals surface area contributed by atoms with Gasteiger partial charge in [0.1, 0.15) is 0 Å². The van der Waals surface area contributed by atoms with Crippen LogP contribution in [0.1, 0.15) is 22.4 Å². The fourth-order valence-electron chi connectivity index (χ4n) is 2.30. The zero-order chi connectivity index (χ0) is 19.7. The van der Waals surface area contributed by atoms with Crippen molar-refractivity contribution < 1.29 is 8.42 Å². The van der Waals surface area contributed by atoms with E-state index < -0.39 is 10.0 Å². The Labute approximate surface area is 165 Å². The van der Waals surface area contributed by atoms with Crippen molar-refractivity contribution in [3.8, 4) is 0 Å². The maximum absolute atomic E-state index is 12.2. The Morgan fingerprint density at radius 1 is 1.15 bits per heavy atom. The number of hydrogen-bond acceptors (Lipinski definition) is 5. The highest BCUT2D eigenvalue weighted by molar-refractivity contribution is 7.89. The monoisotopic (exact) mass is 409 g/mol. The molecule has 0 saturated heterocycles. The lowest BCUT2D eigenvalue weighted by Crippen LogP contribution is -2.42. The summed E-state index contributed by atoms with van der Waals surface area (Å²) in [5, 5.41) is 7.41. The van der Waals surface area contributed by atoms with E-state index in [2.05, 4.69) is 32.3 Å². The molecule has 1 aromatic heterocycles. The van der Waals surface area contributed by atoms with Gasteiger partial charge in [-0.1, -0.05) is 24.6 Å². The molecule has 0 saturated carbocycles. The van der Waals surface area contributed by atoms with Gasteiger partial charge in [-0.05, 0) is 25.5 Å². The van der Waals surface area contributed by atoms with Crippen molar-refractivity contribution >= 4 is 27.3 Å². The molecular weight excluding hydrogens is 382 g/mol. The van der Waals surface area contributed by atoms with Crippen LogP contribution in [0.4, 0.5) is 0 Å². The molecule has 148 valence electrons. The van der Waals surface area contributed by atoms with Crippen LogP contribution in [0, 0.1) is 6.92 Å². The van der Waals surface area contributed by atoms with Crippen molar-refractivity contribution in [3.05, 3.63) is 45.9 Å². The molecule has 7 nitrogen and oxygen atoms in total. The fourth-order valence-corrected chi connectivity index (χ4v) is 4.20. The summed E-state index contributed by atoms with van der Waals surface area (Å²) in [5.41, 5.74) is 1.02. The highest BCUT2D eigenvalue weighted by Gasteiger charge is 2.12. The van der Waals surface area contributed by atoms with Gasteiger partial charge in [0.05, 0.1) is 9.90 Å². The molecule has 0 amide bonds. The van der Waals surface area contributed by atoms with Gasteiger partial charge in [-0.25, -0.2) is 18.1 Å². The molecule has 3 N–H and O–H groups in total. The van der Waals surface area contributed by atoms with Crippen LogP contribution in [0.5, 0.6) is 0 Å². The molecule has 2 aromatic rings. The number of nitrogens with zero attached hydrogens (tertiary/aromatic N) is 2. The molecule has 9 heteroatoms. The maximum Gasteiger partial charge on any atom is 0.240 e. The van der Waals surface area contributed by atoms with E-state index >= 15 is 0 Å². The van der Waals surface area contributed by atoms with Crippen LogP contribution in [0.15, 0.2) is 40.4 Å². The Bertz CT molecular complexity index is 845. The lowest BCUT2D eigenvalue weighted by Gasteiger charge is -2.12. The molecule has 2 rings (SSSR count). The van der Waals surface area contributed by atoms with Crippen LogP contribution < -0.4 is 15.4 Å². The molecule has 0 bridgehead atoms. The Kier molecular flexibility index (Phi) is 8.21. The fraction of sp³-hybridized carbons (Fsp3) is 0.444. The number of aryl methyl sites for hydroxylation is 2. The molecule has 0 spiro atoms. The molecule has 0 aliphatic heterocycles. The van der Waals surface area contributed by atoms with E-state index in [1.807, 2.05) is 13.1 Å². The number of hydrogen-bond donors (Lipinski definition) is 3.